The molecule has 0 saturated heterocycles. The number of rotatable bonds is 3. The first kappa shape index (κ1) is 11.9. The molecule has 0 spiro atoms. The Hall–Kier alpha value is -1.53. The van der Waals surface area contributed by atoms with E-state index in [-0.39, 0.29) is 6.54 Å². The van der Waals surface area contributed by atoms with Crippen molar-refractivity contribution >= 4 is 21.0 Å². The van der Waals surface area contributed by atoms with Gasteiger partial charge in [-0.15, -0.1) is 0 Å². The SMILES string of the molecule is Cc1cc2ccccc2n[n+]1CCS(=O)(=O)[O-]. The van der Waals surface area contributed by atoms with E-state index in [1.54, 1.807) is 0 Å². The van der Waals surface area contributed by atoms with Gasteiger partial charge in [0, 0.05) is 23.5 Å². The lowest BCUT2D eigenvalue weighted by atomic mass is 10.2. The van der Waals surface area contributed by atoms with E-state index < -0.39 is 15.9 Å². The van der Waals surface area contributed by atoms with Gasteiger partial charge in [0.1, 0.15) is 15.6 Å². The molecule has 2 aromatic rings. The second-order valence-corrected chi connectivity index (χ2v) is 5.35. The van der Waals surface area contributed by atoms with Crippen molar-refractivity contribution in [1.29, 1.82) is 0 Å². The Kier molecular flexibility index (Phi) is 3.08. The minimum absolute atomic E-state index is 0.0858. The maximum atomic E-state index is 10.6. The Labute approximate surface area is 99.5 Å². The van der Waals surface area contributed by atoms with Crippen LogP contribution in [0.4, 0.5) is 0 Å². The van der Waals surface area contributed by atoms with Gasteiger partial charge in [0.2, 0.25) is 5.69 Å². The summed E-state index contributed by atoms with van der Waals surface area (Å²) in [5.74, 6) is -0.441. The molecule has 5 nitrogen and oxygen atoms in total. The lowest BCUT2D eigenvalue weighted by molar-refractivity contribution is -0.753. The van der Waals surface area contributed by atoms with Crippen LogP contribution in [0.1, 0.15) is 5.69 Å². The quantitative estimate of drug-likeness (QED) is 0.584. The fraction of sp³-hybridized carbons (Fsp3) is 0.273. The highest BCUT2D eigenvalue weighted by molar-refractivity contribution is 7.85. The summed E-state index contributed by atoms with van der Waals surface area (Å²) in [6.07, 6.45) is 0. The minimum Gasteiger partial charge on any atom is -0.748 e. The average molecular weight is 252 g/mol. The Morgan fingerprint density at radius 1 is 1.35 bits per heavy atom. The number of nitrogens with zero attached hydrogens (tertiary/aromatic N) is 2. The molecule has 1 aromatic carbocycles. The van der Waals surface area contributed by atoms with Gasteiger partial charge < -0.3 is 4.55 Å². The number of benzene rings is 1. The Morgan fingerprint density at radius 3 is 2.76 bits per heavy atom. The van der Waals surface area contributed by atoms with E-state index in [2.05, 4.69) is 5.10 Å². The highest BCUT2D eigenvalue weighted by Crippen LogP contribution is 2.09. The standard InChI is InChI=1S/C11H12N2O3S/c1-9-8-10-4-2-3-5-11(10)12-13(9)6-7-17(14,15)16/h2-5,8H,6-7H2,1H3. The summed E-state index contributed by atoms with van der Waals surface area (Å²) in [5, 5.41) is 5.28. The van der Waals surface area contributed by atoms with Crippen molar-refractivity contribution in [2.24, 2.45) is 0 Å². The number of fused-ring (bicyclic) bond motifs is 1. The third-order valence-corrected chi connectivity index (χ3v) is 3.17. The van der Waals surface area contributed by atoms with E-state index >= 15 is 0 Å². The zero-order valence-electron chi connectivity index (χ0n) is 9.33. The molecule has 0 atom stereocenters. The Morgan fingerprint density at radius 2 is 2.06 bits per heavy atom. The summed E-state index contributed by atoms with van der Waals surface area (Å²) < 4.78 is 33.3. The summed E-state index contributed by atoms with van der Waals surface area (Å²) in [6.45, 7) is 1.92. The van der Waals surface area contributed by atoms with E-state index in [0.717, 1.165) is 16.6 Å². The molecular weight excluding hydrogens is 240 g/mol. The first-order valence-corrected chi connectivity index (χ1v) is 6.73. The first-order valence-electron chi connectivity index (χ1n) is 5.16. The molecular formula is C11H12N2O3S. The second-order valence-electron chi connectivity index (χ2n) is 3.83. The van der Waals surface area contributed by atoms with Gasteiger partial charge in [-0.1, -0.05) is 22.9 Å². The average Bonchev–Trinajstić information content (AvgIpc) is 2.25. The molecule has 0 N–H and O–H groups in total. The molecule has 1 heterocycles. The minimum atomic E-state index is -4.20. The van der Waals surface area contributed by atoms with Crippen LogP contribution >= 0.6 is 0 Å². The third kappa shape index (κ3) is 2.98. The fourth-order valence-electron chi connectivity index (χ4n) is 1.63. The largest absolute Gasteiger partial charge is 0.748 e. The molecule has 90 valence electrons. The predicted octanol–water partition coefficient (Wildman–Crippen LogP) is 0.376. The summed E-state index contributed by atoms with van der Waals surface area (Å²) >= 11 is 0. The van der Waals surface area contributed by atoms with Gasteiger partial charge in [-0.05, 0) is 6.07 Å². The maximum Gasteiger partial charge on any atom is 0.206 e. The van der Waals surface area contributed by atoms with Crippen molar-refractivity contribution < 1.29 is 17.7 Å². The van der Waals surface area contributed by atoms with Crippen molar-refractivity contribution in [3.63, 3.8) is 0 Å². The van der Waals surface area contributed by atoms with E-state index in [1.807, 2.05) is 37.3 Å². The first-order chi connectivity index (χ1) is 7.96. The smallest absolute Gasteiger partial charge is 0.206 e. The topological polar surface area (TPSA) is 74.0 Å². The van der Waals surface area contributed by atoms with Gasteiger partial charge in [0.25, 0.3) is 0 Å². The van der Waals surface area contributed by atoms with Crippen LogP contribution in [0.5, 0.6) is 0 Å². The maximum absolute atomic E-state index is 10.6. The van der Waals surface area contributed by atoms with E-state index in [1.165, 1.54) is 4.68 Å². The number of aryl methyl sites for hydroxylation is 2. The van der Waals surface area contributed by atoms with Crippen molar-refractivity contribution in [1.82, 2.24) is 5.10 Å². The van der Waals surface area contributed by atoms with E-state index in [9.17, 15) is 13.0 Å². The van der Waals surface area contributed by atoms with Gasteiger partial charge in [-0.3, -0.25) is 0 Å². The molecule has 0 fully saturated rings. The third-order valence-electron chi connectivity index (χ3n) is 2.49. The zero-order valence-corrected chi connectivity index (χ0v) is 10.1. The lowest BCUT2D eigenvalue weighted by Crippen LogP contribution is -2.43. The predicted molar refractivity (Wildman–Crippen MR) is 61.2 cm³/mol. The van der Waals surface area contributed by atoms with Crippen molar-refractivity contribution in [3.8, 4) is 0 Å². The number of aromatic nitrogens is 2. The van der Waals surface area contributed by atoms with Crippen molar-refractivity contribution in [3.05, 3.63) is 36.0 Å². The second kappa shape index (κ2) is 4.38. The van der Waals surface area contributed by atoms with Crippen LogP contribution in [-0.4, -0.2) is 23.8 Å². The molecule has 0 saturated carbocycles. The Bertz CT molecular complexity index is 653. The van der Waals surface area contributed by atoms with E-state index in [4.69, 9.17) is 0 Å². The highest BCUT2D eigenvalue weighted by atomic mass is 32.2. The molecule has 0 radical (unpaired) electrons. The van der Waals surface area contributed by atoms with Crippen LogP contribution in [-0.2, 0) is 16.7 Å². The monoisotopic (exact) mass is 252 g/mol. The van der Waals surface area contributed by atoms with Crippen LogP contribution in [0, 0.1) is 6.92 Å². The van der Waals surface area contributed by atoms with Crippen LogP contribution in [0.25, 0.3) is 10.9 Å². The number of hydrogen-bond acceptors (Lipinski definition) is 4. The lowest BCUT2D eigenvalue weighted by Gasteiger charge is -2.04. The normalized spacial score (nSPS) is 11.9. The highest BCUT2D eigenvalue weighted by Gasteiger charge is 2.12. The molecule has 0 aliphatic carbocycles. The number of hydrogen-bond donors (Lipinski definition) is 0. The molecule has 2 rings (SSSR count). The van der Waals surface area contributed by atoms with Crippen molar-refractivity contribution in [2.45, 2.75) is 13.5 Å². The summed E-state index contributed by atoms with van der Waals surface area (Å²) in [5.41, 5.74) is 1.61. The Balaban J connectivity index is 2.37. The summed E-state index contributed by atoms with van der Waals surface area (Å²) in [7, 11) is -4.20. The van der Waals surface area contributed by atoms with Crippen molar-refractivity contribution in [2.75, 3.05) is 5.75 Å². The molecule has 0 aliphatic heterocycles. The van der Waals surface area contributed by atoms with Crippen LogP contribution in [0.3, 0.4) is 0 Å². The van der Waals surface area contributed by atoms with E-state index in [0.29, 0.717) is 0 Å². The molecule has 0 aliphatic rings. The molecule has 0 bridgehead atoms. The molecule has 6 heteroatoms. The fourth-order valence-corrected chi connectivity index (χ4v) is 2.03. The van der Waals surface area contributed by atoms with Gasteiger partial charge in [-0.2, -0.15) is 0 Å². The van der Waals surface area contributed by atoms with Gasteiger partial charge >= 0.3 is 0 Å². The molecule has 1 aromatic heterocycles. The van der Waals surface area contributed by atoms with Crippen LogP contribution in [0.15, 0.2) is 30.3 Å². The van der Waals surface area contributed by atoms with Gasteiger partial charge in [0.15, 0.2) is 6.54 Å². The molecule has 0 unspecified atom stereocenters. The van der Waals surface area contributed by atoms with Crippen LogP contribution in [0.2, 0.25) is 0 Å². The van der Waals surface area contributed by atoms with Crippen LogP contribution < -0.4 is 4.68 Å². The van der Waals surface area contributed by atoms with Gasteiger partial charge in [-0.25, -0.2) is 8.42 Å². The summed E-state index contributed by atoms with van der Waals surface area (Å²) in [4.78, 5) is 0. The summed E-state index contributed by atoms with van der Waals surface area (Å²) in [6, 6.07) is 9.47. The molecule has 17 heavy (non-hydrogen) atoms. The zero-order chi connectivity index (χ0) is 12.5. The van der Waals surface area contributed by atoms with Gasteiger partial charge in [0.05, 0.1) is 5.75 Å². The molecule has 0 amide bonds.